The van der Waals surface area contributed by atoms with E-state index in [2.05, 4.69) is 9.88 Å². The highest BCUT2D eigenvalue weighted by Crippen LogP contribution is 2.16. The molecule has 0 bridgehead atoms. The van der Waals surface area contributed by atoms with Crippen LogP contribution in [0.15, 0.2) is 71.9 Å². The average Bonchev–Trinajstić information content (AvgIpc) is 3.23. The summed E-state index contributed by atoms with van der Waals surface area (Å²) >= 11 is 0. The lowest BCUT2D eigenvalue weighted by molar-refractivity contribution is 0.0747. The van der Waals surface area contributed by atoms with E-state index in [1.54, 1.807) is 6.20 Å². The first kappa shape index (κ1) is 16.2. The van der Waals surface area contributed by atoms with Gasteiger partial charge in [-0.05, 0) is 42.5 Å². The number of H-pyrrole nitrogens is 1. The van der Waals surface area contributed by atoms with Crippen LogP contribution in [-0.2, 0) is 0 Å². The molecule has 1 amide bonds. The molecule has 3 aromatic rings. The van der Waals surface area contributed by atoms with Crippen LogP contribution in [0.5, 0.6) is 0 Å². The molecular weight excluding hydrogens is 328 g/mol. The molecule has 3 heterocycles. The zero-order chi connectivity index (χ0) is 17.9. The number of pyridine rings is 1. The molecule has 0 atom stereocenters. The molecule has 0 aliphatic carbocycles. The monoisotopic (exact) mass is 348 g/mol. The Morgan fingerprint density at radius 3 is 2.12 bits per heavy atom. The summed E-state index contributed by atoms with van der Waals surface area (Å²) in [4.78, 5) is 30.7. The Kier molecular flexibility index (Phi) is 4.31. The maximum absolute atomic E-state index is 12.7. The van der Waals surface area contributed by atoms with Crippen molar-refractivity contribution in [2.75, 3.05) is 31.1 Å². The second-order valence-corrected chi connectivity index (χ2v) is 6.33. The summed E-state index contributed by atoms with van der Waals surface area (Å²) in [7, 11) is 0. The third-order valence-corrected chi connectivity index (χ3v) is 4.72. The number of nitrogens with zero attached hydrogens (tertiary/aromatic N) is 3. The van der Waals surface area contributed by atoms with Crippen molar-refractivity contribution >= 4 is 11.6 Å². The standard InChI is InChI=1S/C20H20N4O2/c25-19-8-7-18(15-21-19)23-11-13-24(14-12-23)20(26)16-3-5-17(6-4-16)22-9-1-2-10-22/h1-10,15H,11-14H2,(H,21,25). The summed E-state index contributed by atoms with van der Waals surface area (Å²) in [5.74, 6) is 0.0603. The number of piperazine rings is 1. The Morgan fingerprint density at radius 1 is 0.846 bits per heavy atom. The molecule has 0 saturated carbocycles. The Hall–Kier alpha value is -3.28. The van der Waals surface area contributed by atoms with E-state index in [1.165, 1.54) is 6.07 Å². The quantitative estimate of drug-likeness (QED) is 0.789. The number of aromatic nitrogens is 2. The average molecular weight is 348 g/mol. The Labute approximate surface area is 151 Å². The van der Waals surface area contributed by atoms with Gasteiger partial charge in [-0.3, -0.25) is 9.59 Å². The molecule has 132 valence electrons. The molecule has 26 heavy (non-hydrogen) atoms. The van der Waals surface area contributed by atoms with Crippen LogP contribution in [0.2, 0.25) is 0 Å². The van der Waals surface area contributed by atoms with Crippen LogP contribution in [0.3, 0.4) is 0 Å². The third kappa shape index (κ3) is 3.26. The lowest BCUT2D eigenvalue weighted by atomic mass is 10.1. The normalized spacial score (nSPS) is 14.5. The number of carbonyl (C=O) groups excluding carboxylic acids is 1. The summed E-state index contributed by atoms with van der Waals surface area (Å²) < 4.78 is 2.01. The molecule has 1 aromatic carbocycles. The number of aromatic amines is 1. The smallest absolute Gasteiger partial charge is 0.253 e. The lowest BCUT2D eigenvalue weighted by Gasteiger charge is -2.36. The van der Waals surface area contributed by atoms with E-state index in [0.717, 1.165) is 24.5 Å². The summed E-state index contributed by atoms with van der Waals surface area (Å²) in [5, 5.41) is 0. The van der Waals surface area contributed by atoms with Gasteiger partial charge in [-0.15, -0.1) is 0 Å². The predicted octanol–water partition coefficient (Wildman–Crippen LogP) is 2.13. The van der Waals surface area contributed by atoms with Crippen LogP contribution in [0, 0.1) is 0 Å². The number of carbonyl (C=O) groups is 1. The van der Waals surface area contributed by atoms with E-state index in [0.29, 0.717) is 18.7 Å². The molecule has 1 saturated heterocycles. The topological polar surface area (TPSA) is 61.3 Å². The predicted molar refractivity (Wildman–Crippen MR) is 101 cm³/mol. The van der Waals surface area contributed by atoms with Crippen LogP contribution in [0.1, 0.15) is 10.4 Å². The zero-order valence-electron chi connectivity index (χ0n) is 14.3. The van der Waals surface area contributed by atoms with Crippen LogP contribution < -0.4 is 10.5 Å². The van der Waals surface area contributed by atoms with Gasteiger partial charge < -0.3 is 19.4 Å². The summed E-state index contributed by atoms with van der Waals surface area (Å²) in [6.45, 7) is 2.83. The van der Waals surface area contributed by atoms with E-state index in [4.69, 9.17) is 0 Å². The summed E-state index contributed by atoms with van der Waals surface area (Å²) in [5.41, 5.74) is 2.62. The minimum Gasteiger partial charge on any atom is -0.367 e. The largest absolute Gasteiger partial charge is 0.367 e. The number of hydrogen-bond acceptors (Lipinski definition) is 3. The molecule has 2 aromatic heterocycles. The van der Waals surface area contributed by atoms with Crippen molar-refractivity contribution < 1.29 is 4.79 Å². The van der Waals surface area contributed by atoms with Crippen molar-refractivity contribution in [1.29, 1.82) is 0 Å². The van der Waals surface area contributed by atoms with Gasteiger partial charge in [0.15, 0.2) is 0 Å². The molecule has 1 aliphatic heterocycles. The Bertz CT molecular complexity index is 916. The minimum absolute atomic E-state index is 0.0603. The van der Waals surface area contributed by atoms with Crippen LogP contribution in [-0.4, -0.2) is 46.5 Å². The van der Waals surface area contributed by atoms with Crippen molar-refractivity contribution in [3.8, 4) is 5.69 Å². The number of anilines is 1. The first-order valence-electron chi connectivity index (χ1n) is 8.67. The fourth-order valence-electron chi connectivity index (χ4n) is 3.23. The Balaban J connectivity index is 1.40. The number of nitrogens with one attached hydrogen (secondary N) is 1. The van der Waals surface area contributed by atoms with E-state index in [-0.39, 0.29) is 11.5 Å². The third-order valence-electron chi connectivity index (χ3n) is 4.72. The molecule has 1 N–H and O–H groups in total. The first-order chi connectivity index (χ1) is 12.7. The SMILES string of the molecule is O=C(c1ccc(-n2cccc2)cc1)N1CCN(c2ccc(=O)[nH]c2)CC1. The minimum atomic E-state index is -0.106. The molecule has 0 spiro atoms. The van der Waals surface area contributed by atoms with Gasteiger partial charge >= 0.3 is 0 Å². The number of amides is 1. The maximum Gasteiger partial charge on any atom is 0.253 e. The molecule has 4 rings (SSSR count). The van der Waals surface area contributed by atoms with Gasteiger partial charge in [-0.1, -0.05) is 0 Å². The number of benzene rings is 1. The number of rotatable bonds is 3. The van der Waals surface area contributed by atoms with Gasteiger partial charge in [-0.2, -0.15) is 0 Å². The highest BCUT2D eigenvalue weighted by molar-refractivity contribution is 5.94. The van der Waals surface area contributed by atoms with Crippen molar-refractivity contribution in [1.82, 2.24) is 14.5 Å². The van der Waals surface area contributed by atoms with Gasteiger partial charge in [0.2, 0.25) is 5.56 Å². The highest BCUT2D eigenvalue weighted by atomic mass is 16.2. The van der Waals surface area contributed by atoms with Gasteiger partial charge in [0, 0.05) is 62.1 Å². The zero-order valence-corrected chi connectivity index (χ0v) is 14.3. The fraction of sp³-hybridized carbons (Fsp3) is 0.200. The fourth-order valence-corrected chi connectivity index (χ4v) is 3.23. The number of hydrogen-bond donors (Lipinski definition) is 1. The molecule has 0 radical (unpaired) electrons. The van der Waals surface area contributed by atoms with E-state index in [9.17, 15) is 9.59 Å². The van der Waals surface area contributed by atoms with Gasteiger partial charge in [-0.25, -0.2) is 0 Å². The molecule has 1 fully saturated rings. The second-order valence-electron chi connectivity index (χ2n) is 6.33. The second kappa shape index (κ2) is 6.92. The van der Waals surface area contributed by atoms with Crippen molar-refractivity contribution in [3.05, 3.63) is 83.0 Å². The molecule has 0 unspecified atom stereocenters. The Morgan fingerprint density at radius 2 is 1.50 bits per heavy atom. The highest BCUT2D eigenvalue weighted by Gasteiger charge is 2.22. The summed E-state index contributed by atoms with van der Waals surface area (Å²) in [6.07, 6.45) is 5.68. The van der Waals surface area contributed by atoms with Gasteiger partial charge in [0.25, 0.3) is 5.91 Å². The van der Waals surface area contributed by atoms with Crippen molar-refractivity contribution in [3.63, 3.8) is 0 Å². The molecular formula is C20H20N4O2. The van der Waals surface area contributed by atoms with Crippen molar-refractivity contribution in [2.24, 2.45) is 0 Å². The molecule has 1 aliphatic rings. The van der Waals surface area contributed by atoms with Gasteiger partial charge in [0.05, 0.1) is 5.69 Å². The molecule has 6 heteroatoms. The van der Waals surface area contributed by atoms with Gasteiger partial charge in [0.1, 0.15) is 0 Å². The van der Waals surface area contributed by atoms with E-state index in [1.807, 2.05) is 64.3 Å². The van der Waals surface area contributed by atoms with Crippen LogP contribution in [0.4, 0.5) is 5.69 Å². The maximum atomic E-state index is 12.7. The lowest BCUT2D eigenvalue weighted by Crippen LogP contribution is -2.48. The summed E-state index contributed by atoms with van der Waals surface area (Å²) in [6, 6.07) is 15.0. The van der Waals surface area contributed by atoms with E-state index >= 15 is 0 Å². The van der Waals surface area contributed by atoms with Crippen LogP contribution in [0.25, 0.3) is 5.69 Å². The van der Waals surface area contributed by atoms with Crippen molar-refractivity contribution in [2.45, 2.75) is 0 Å². The van der Waals surface area contributed by atoms with E-state index < -0.39 is 0 Å². The molecule has 6 nitrogen and oxygen atoms in total. The first-order valence-corrected chi connectivity index (χ1v) is 8.67. The van der Waals surface area contributed by atoms with Crippen LogP contribution >= 0.6 is 0 Å².